The molecule has 128 valence electrons. The number of likely N-dealkylation sites (tertiary alicyclic amines) is 3. The molecular weight excluding hydrogens is 290 g/mol. The molecule has 0 aromatic heterocycles. The van der Waals surface area contributed by atoms with Crippen molar-refractivity contribution in [1.82, 2.24) is 14.7 Å². The molecule has 0 aromatic carbocycles. The van der Waals surface area contributed by atoms with Gasteiger partial charge in [0.1, 0.15) is 0 Å². The smallest absolute Gasteiger partial charge is 0.228 e. The number of hydrogen-bond acceptors (Lipinski definition) is 3. The highest BCUT2D eigenvalue weighted by molar-refractivity contribution is 5.89. The van der Waals surface area contributed by atoms with Gasteiger partial charge in [0.05, 0.1) is 5.92 Å². The van der Waals surface area contributed by atoms with Crippen LogP contribution in [0.15, 0.2) is 0 Å². The zero-order valence-corrected chi connectivity index (χ0v) is 14.3. The summed E-state index contributed by atoms with van der Waals surface area (Å²) in [5.41, 5.74) is 0.357. The van der Waals surface area contributed by atoms with E-state index in [1.807, 2.05) is 4.90 Å². The molecular formula is C18H29N3O2. The standard InChI is InChI=1S/C18H29N3O2/c1-19-11-18(12-19)7-8-20(13-18)17(23)14-9-16(22)21(10-14)15-5-3-2-4-6-15/h14-15H,2-13H2,1H3. The van der Waals surface area contributed by atoms with Crippen LogP contribution in [0.3, 0.4) is 0 Å². The monoisotopic (exact) mass is 319 g/mol. The van der Waals surface area contributed by atoms with E-state index in [1.165, 1.54) is 19.3 Å². The van der Waals surface area contributed by atoms with Gasteiger partial charge in [-0.2, -0.15) is 0 Å². The summed E-state index contributed by atoms with van der Waals surface area (Å²) in [5, 5.41) is 0. The molecule has 3 aliphatic heterocycles. The Labute approximate surface area is 139 Å². The number of carbonyl (C=O) groups excluding carboxylic acids is 2. The van der Waals surface area contributed by atoms with Gasteiger partial charge < -0.3 is 14.7 Å². The van der Waals surface area contributed by atoms with Crippen molar-refractivity contribution in [3.05, 3.63) is 0 Å². The summed E-state index contributed by atoms with van der Waals surface area (Å²) < 4.78 is 0. The van der Waals surface area contributed by atoms with E-state index < -0.39 is 0 Å². The van der Waals surface area contributed by atoms with Gasteiger partial charge in [0.15, 0.2) is 0 Å². The first-order valence-corrected chi connectivity index (χ1v) is 9.33. The molecule has 3 saturated heterocycles. The number of nitrogens with zero attached hydrogens (tertiary/aromatic N) is 3. The number of amides is 2. The van der Waals surface area contributed by atoms with Crippen molar-refractivity contribution in [2.24, 2.45) is 11.3 Å². The van der Waals surface area contributed by atoms with Crippen molar-refractivity contribution >= 4 is 11.8 Å². The second-order valence-electron chi connectivity index (χ2n) is 8.42. The van der Waals surface area contributed by atoms with Crippen LogP contribution in [0.25, 0.3) is 0 Å². The second-order valence-corrected chi connectivity index (χ2v) is 8.42. The largest absolute Gasteiger partial charge is 0.342 e. The Hall–Kier alpha value is -1.10. The predicted octanol–water partition coefficient (Wildman–Crippen LogP) is 1.33. The molecule has 0 N–H and O–H groups in total. The van der Waals surface area contributed by atoms with Crippen LogP contribution < -0.4 is 0 Å². The van der Waals surface area contributed by atoms with Crippen LogP contribution in [-0.4, -0.2) is 72.3 Å². The van der Waals surface area contributed by atoms with Crippen LogP contribution in [0.5, 0.6) is 0 Å². The zero-order valence-electron chi connectivity index (χ0n) is 14.3. The second kappa shape index (κ2) is 5.76. The minimum Gasteiger partial charge on any atom is -0.342 e. The van der Waals surface area contributed by atoms with Crippen LogP contribution in [0.2, 0.25) is 0 Å². The Balaban J connectivity index is 1.35. The molecule has 4 rings (SSSR count). The molecule has 3 heterocycles. The highest BCUT2D eigenvalue weighted by Crippen LogP contribution is 2.39. The fourth-order valence-electron chi connectivity index (χ4n) is 5.38. The maximum absolute atomic E-state index is 12.9. The van der Waals surface area contributed by atoms with Gasteiger partial charge in [-0.05, 0) is 26.3 Å². The van der Waals surface area contributed by atoms with E-state index >= 15 is 0 Å². The summed E-state index contributed by atoms with van der Waals surface area (Å²) in [5.74, 6) is 0.369. The molecule has 4 aliphatic rings. The molecule has 2 amide bonds. The van der Waals surface area contributed by atoms with E-state index in [-0.39, 0.29) is 17.7 Å². The van der Waals surface area contributed by atoms with Gasteiger partial charge in [-0.3, -0.25) is 9.59 Å². The van der Waals surface area contributed by atoms with Crippen LogP contribution in [-0.2, 0) is 9.59 Å². The van der Waals surface area contributed by atoms with E-state index in [2.05, 4.69) is 16.8 Å². The molecule has 1 atom stereocenters. The highest BCUT2D eigenvalue weighted by atomic mass is 16.2. The number of hydrogen-bond donors (Lipinski definition) is 0. The van der Waals surface area contributed by atoms with E-state index in [1.54, 1.807) is 0 Å². The maximum atomic E-state index is 12.9. The Morgan fingerprint density at radius 1 is 1.13 bits per heavy atom. The van der Waals surface area contributed by atoms with Gasteiger partial charge in [-0.15, -0.1) is 0 Å². The van der Waals surface area contributed by atoms with Crippen molar-refractivity contribution < 1.29 is 9.59 Å². The fraction of sp³-hybridized carbons (Fsp3) is 0.889. The molecule has 1 spiro atoms. The zero-order chi connectivity index (χ0) is 16.0. The van der Waals surface area contributed by atoms with E-state index in [0.29, 0.717) is 24.4 Å². The number of rotatable bonds is 2. The first-order valence-electron chi connectivity index (χ1n) is 9.33. The Morgan fingerprint density at radius 3 is 2.57 bits per heavy atom. The lowest BCUT2D eigenvalue weighted by molar-refractivity contribution is -0.135. The predicted molar refractivity (Wildman–Crippen MR) is 87.8 cm³/mol. The molecule has 1 saturated carbocycles. The van der Waals surface area contributed by atoms with Gasteiger partial charge >= 0.3 is 0 Å². The molecule has 23 heavy (non-hydrogen) atoms. The molecule has 4 fully saturated rings. The minimum absolute atomic E-state index is 0.0858. The maximum Gasteiger partial charge on any atom is 0.228 e. The molecule has 1 unspecified atom stereocenters. The summed E-state index contributed by atoms with van der Waals surface area (Å²) >= 11 is 0. The first-order chi connectivity index (χ1) is 11.1. The molecule has 0 bridgehead atoms. The van der Waals surface area contributed by atoms with Gasteiger partial charge in [-0.1, -0.05) is 19.3 Å². The summed E-state index contributed by atoms with van der Waals surface area (Å²) in [6, 6.07) is 0.402. The normalized spacial score (nSPS) is 31.9. The van der Waals surface area contributed by atoms with Crippen molar-refractivity contribution in [1.29, 1.82) is 0 Å². The first kappa shape index (κ1) is 15.4. The summed E-state index contributed by atoms with van der Waals surface area (Å²) in [4.78, 5) is 31.7. The molecule has 1 aliphatic carbocycles. The quantitative estimate of drug-likeness (QED) is 0.771. The summed E-state index contributed by atoms with van der Waals surface area (Å²) in [7, 11) is 2.15. The van der Waals surface area contributed by atoms with E-state index in [4.69, 9.17) is 0 Å². The number of carbonyl (C=O) groups is 2. The lowest BCUT2D eigenvalue weighted by Gasteiger charge is -2.46. The van der Waals surface area contributed by atoms with Crippen LogP contribution in [0.4, 0.5) is 0 Å². The molecule has 0 radical (unpaired) electrons. The Morgan fingerprint density at radius 2 is 1.87 bits per heavy atom. The Kier molecular flexibility index (Phi) is 3.87. The van der Waals surface area contributed by atoms with Crippen LogP contribution in [0, 0.1) is 11.3 Å². The van der Waals surface area contributed by atoms with Gasteiger partial charge in [0.2, 0.25) is 11.8 Å². The molecule has 5 heteroatoms. The van der Waals surface area contributed by atoms with Crippen molar-refractivity contribution in [3.63, 3.8) is 0 Å². The Bertz CT molecular complexity index is 494. The van der Waals surface area contributed by atoms with Crippen LogP contribution >= 0.6 is 0 Å². The SMILES string of the molecule is CN1CC2(CCN(C(=O)C3CC(=O)N(C4CCCCC4)C3)C2)C1. The third-order valence-electron chi connectivity index (χ3n) is 6.48. The van der Waals surface area contributed by atoms with Gasteiger partial charge in [0, 0.05) is 50.6 Å². The van der Waals surface area contributed by atoms with Crippen molar-refractivity contribution in [2.75, 3.05) is 39.8 Å². The third kappa shape index (κ3) is 2.77. The van der Waals surface area contributed by atoms with Crippen LogP contribution in [0.1, 0.15) is 44.9 Å². The molecule has 0 aromatic rings. The van der Waals surface area contributed by atoms with E-state index in [0.717, 1.165) is 45.4 Å². The molecule has 5 nitrogen and oxygen atoms in total. The average Bonchev–Trinajstić information content (AvgIpc) is 3.12. The lowest BCUT2D eigenvalue weighted by Crippen LogP contribution is -2.56. The lowest BCUT2D eigenvalue weighted by atomic mass is 9.79. The average molecular weight is 319 g/mol. The summed E-state index contributed by atoms with van der Waals surface area (Å²) in [6.07, 6.45) is 7.60. The van der Waals surface area contributed by atoms with Gasteiger partial charge in [-0.25, -0.2) is 0 Å². The summed E-state index contributed by atoms with van der Waals surface area (Å²) in [6.45, 7) is 4.71. The highest BCUT2D eigenvalue weighted by Gasteiger charge is 2.49. The van der Waals surface area contributed by atoms with Crippen molar-refractivity contribution in [3.8, 4) is 0 Å². The topological polar surface area (TPSA) is 43.9 Å². The van der Waals surface area contributed by atoms with Crippen molar-refractivity contribution in [2.45, 2.75) is 51.0 Å². The van der Waals surface area contributed by atoms with E-state index in [9.17, 15) is 9.59 Å². The third-order valence-corrected chi connectivity index (χ3v) is 6.48. The minimum atomic E-state index is -0.0858. The fourth-order valence-corrected chi connectivity index (χ4v) is 5.38. The van der Waals surface area contributed by atoms with Gasteiger partial charge in [0.25, 0.3) is 0 Å².